The number of anilines is 2. The highest BCUT2D eigenvalue weighted by Gasteiger charge is 2.12. The van der Waals surface area contributed by atoms with Gasteiger partial charge in [-0.1, -0.05) is 35.9 Å². The number of methoxy groups -OCH3 is 1. The molecule has 6 nitrogen and oxygen atoms in total. The van der Waals surface area contributed by atoms with E-state index < -0.39 is 0 Å². The highest BCUT2D eigenvalue weighted by Crippen LogP contribution is 2.21. The van der Waals surface area contributed by atoms with Crippen molar-refractivity contribution >= 4 is 29.1 Å². The molecule has 0 aliphatic heterocycles. The van der Waals surface area contributed by atoms with Crippen molar-refractivity contribution in [1.29, 1.82) is 0 Å². The normalized spacial score (nSPS) is 10.3. The highest BCUT2D eigenvalue weighted by molar-refractivity contribution is 6.33. The summed E-state index contributed by atoms with van der Waals surface area (Å²) in [5.41, 5.74) is 2.53. The molecule has 2 N–H and O–H groups in total. The topological polar surface area (TPSA) is 76.1 Å². The lowest BCUT2D eigenvalue weighted by molar-refractivity contribution is 0.102. The van der Waals surface area contributed by atoms with Crippen LogP contribution < -0.4 is 15.4 Å². The molecule has 0 unspecified atom stereocenters. The first-order valence-electron chi connectivity index (χ1n) is 8.33. The first-order valence-corrected chi connectivity index (χ1v) is 8.71. The highest BCUT2D eigenvalue weighted by atomic mass is 35.5. The molecule has 0 saturated heterocycles. The number of benzene rings is 2. The molecule has 0 saturated carbocycles. The Bertz CT molecular complexity index is 945. The lowest BCUT2D eigenvalue weighted by Gasteiger charge is -2.10. The number of para-hydroxylation sites is 1. The number of hydrogen-bond donors (Lipinski definition) is 2. The molecule has 0 radical (unpaired) electrons. The van der Waals surface area contributed by atoms with Crippen molar-refractivity contribution in [3.05, 3.63) is 76.6 Å². The molecule has 27 heavy (non-hydrogen) atoms. The third-order valence-electron chi connectivity index (χ3n) is 3.82. The van der Waals surface area contributed by atoms with E-state index in [0.29, 0.717) is 28.9 Å². The van der Waals surface area contributed by atoms with E-state index in [2.05, 4.69) is 20.6 Å². The Labute approximate surface area is 162 Å². The fourth-order valence-electron chi connectivity index (χ4n) is 2.44. The van der Waals surface area contributed by atoms with Crippen LogP contribution in [0.4, 0.5) is 11.6 Å². The molecule has 1 heterocycles. The SMILES string of the molecule is COc1ccc(CNc2nc(C)cc(C(=O)Nc3ccccc3Cl)n2)cc1. The second-order valence-electron chi connectivity index (χ2n) is 5.85. The quantitative estimate of drug-likeness (QED) is 0.664. The van der Waals surface area contributed by atoms with Crippen molar-refractivity contribution in [2.24, 2.45) is 0 Å². The van der Waals surface area contributed by atoms with Gasteiger partial charge in [-0.25, -0.2) is 9.97 Å². The number of halogens is 1. The summed E-state index contributed by atoms with van der Waals surface area (Å²) in [5.74, 6) is 0.834. The molecule has 0 fully saturated rings. The van der Waals surface area contributed by atoms with E-state index in [-0.39, 0.29) is 11.6 Å². The number of amides is 1. The van der Waals surface area contributed by atoms with Gasteiger partial charge in [0.15, 0.2) is 0 Å². The molecule has 3 rings (SSSR count). The van der Waals surface area contributed by atoms with E-state index in [1.54, 1.807) is 37.4 Å². The molecular weight excluding hydrogens is 364 g/mol. The molecule has 138 valence electrons. The van der Waals surface area contributed by atoms with Gasteiger partial charge in [0.05, 0.1) is 17.8 Å². The van der Waals surface area contributed by atoms with Crippen LogP contribution in [-0.2, 0) is 6.54 Å². The van der Waals surface area contributed by atoms with E-state index in [0.717, 1.165) is 11.3 Å². The van der Waals surface area contributed by atoms with Crippen molar-refractivity contribution in [1.82, 2.24) is 9.97 Å². The summed E-state index contributed by atoms with van der Waals surface area (Å²) in [6.07, 6.45) is 0. The average molecular weight is 383 g/mol. The van der Waals surface area contributed by atoms with Crippen molar-refractivity contribution in [2.45, 2.75) is 13.5 Å². The molecule has 0 atom stereocenters. The Hall–Kier alpha value is -3.12. The number of rotatable bonds is 6. The molecule has 0 aliphatic carbocycles. The molecule has 1 amide bonds. The zero-order chi connectivity index (χ0) is 19.2. The Morgan fingerprint density at radius 1 is 1.11 bits per heavy atom. The number of carbonyl (C=O) groups excluding carboxylic acids is 1. The van der Waals surface area contributed by atoms with Gasteiger partial charge in [-0.2, -0.15) is 0 Å². The first-order chi connectivity index (χ1) is 13.0. The van der Waals surface area contributed by atoms with E-state index in [9.17, 15) is 4.79 Å². The summed E-state index contributed by atoms with van der Waals surface area (Å²) >= 11 is 6.09. The third-order valence-corrected chi connectivity index (χ3v) is 4.15. The van der Waals surface area contributed by atoms with Crippen molar-refractivity contribution < 1.29 is 9.53 Å². The van der Waals surface area contributed by atoms with Crippen LogP contribution in [0.15, 0.2) is 54.6 Å². The summed E-state index contributed by atoms with van der Waals surface area (Å²) in [5, 5.41) is 6.37. The number of aromatic nitrogens is 2. The lowest BCUT2D eigenvalue weighted by atomic mass is 10.2. The van der Waals surface area contributed by atoms with Gasteiger partial charge in [0.2, 0.25) is 5.95 Å². The number of carbonyl (C=O) groups is 1. The molecule has 2 aromatic carbocycles. The van der Waals surface area contributed by atoms with Crippen LogP contribution in [-0.4, -0.2) is 23.0 Å². The molecule has 0 aliphatic rings. The van der Waals surface area contributed by atoms with Gasteiger partial charge < -0.3 is 15.4 Å². The Kier molecular flexibility index (Phi) is 5.88. The second-order valence-corrected chi connectivity index (χ2v) is 6.26. The van der Waals surface area contributed by atoms with Gasteiger partial charge in [-0.15, -0.1) is 0 Å². The molecule has 0 spiro atoms. The maximum atomic E-state index is 12.5. The Morgan fingerprint density at radius 2 is 1.85 bits per heavy atom. The minimum absolute atomic E-state index is 0.264. The minimum atomic E-state index is -0.346. The van der Waals surface area contributed by atoms with Crippen LogP contribution in [0.25, 0.3) is 0 Å². The maximum Gasteiger partial charge on any atom is 0.274 e. The number of nitrogens with zero attached hydrogens (tertiary/aromatic N) is 2. The molecule has 1 aromatic heterocycles. The van der Waals surface area contributed by atoms with E-state index in [4.69, 9.17) is 16.3 Å². The van der Waals surface area contributed by atoms with E-state index >= 15 is 0 Å². The predicted octanol–water partition coefficient (Wildman–Crippen LogP) is 4.31. The number of ether oxygens (including phenoxy) is 1. The van der Waals surface area contributed by atoms with Crippen LogP contribution in [0.1, 0.15) is 21.7 Å². The summed E-state index contributed by atoms with van der Waals surface area (Å²) < 4.78 is 5.15. The number of aryl methyl sites for hydroxylation is 1. The Balaban J connectivity index is 1.71. The first kappa shape index (κ1) is 18.7. The van der Waals surface area contributed by atoms with Gasteiger partial charge in [0.1, 0.15) is 11.4 Å². The summed E-state index contributed by atoms with van der Waals surface area (Å²) in [7, 11) is 1.63. The van der Waals surface area contributed by atoms with Gasteiger partial charge in [-0.3, -0.25) is 4.79 Å². The van der Waals surface area contributed by atoms with Crippen LogP contribution >= 0.6 is 11.6 Å². The second kappa shape index (κ2) is 8.51. The van der Waals surface area contributed by atoms with Gasteiger partial charge >= 0.3 is 0 Å². The molecule has 0 bridgehead atoms. The van der Waals surface area contributed by atoms with Gasteiger partial charge in [-0.05, 0) is 42.8 Å². The smallest absolute Gasteiger partial charge is 0.274 e. The van der Waals surface area contributed by atoms with Gasteiger partial charge in [0.25, 0.3) is 5.91 Å². The minimum Gasteiger partial charge on any atom is -0.497 e. The zero-order valence-electron chi connectivity index (χ0n) is 15.0. The lowest BCUT2D eigenvalue weighted by Crippen LogP contribution is -2.16. The largest absolute Gasteiger partial charge is 0.497 e. The average Bonchev–Trinajstić information content (AvgIpc) is 2.68. The van der Waals surface area contributed by atoms with Crippen molar-refractivity contribution in [3.8, 4) is 5.75 Å². The molecule has 3 aromatic rings. The fraction of sp³-hybridized carbons (Fsp3) is 0.150. The Morgan fingerprint density at radius 3 is 2.56 bits per heavy atom. The van der Waals surface area contributed by atoms with E-state index in [1.807, 2.05) is 31.2 Å². The summed E-state index contributed by atoms with van der Waals surface area (Å²) in [6, 6.07) is 16.3. The van der Waals surface area contributed by atoms with E-state index in [1.165, 1.54) is 0 Å². The standard InChI is InChI=1S/C20H19ClN4O2/c1-13-11-18(19(26)24-17-6-4-3-5-16(17)21)25-20(23-13)22-12-14-7-9-15(27-2)10-8-14/h3-11H,12H2,1-2H3,(H,24,26)(H,22,23,25). The predicted molar refractivity (Wildman–Crippen MR) is 106 cm³/mol. The van der Waals surface area contributed by atoms with Crippen LogP contribution in [0.3, 0.4) is 0 Å². The van der Waals surface area contributed by atoms with Crippen molar-refractivity contribution in [3.63, 3.8) is 0 Å². The number of nitrogens with one attached hydrogen (secondary N) is 2. The maximum absolute atomic E-state index is 12.5. The summed E-state index contributed by atoms with van der Waals surface area (Å²) in [4.78, 5) is 21.2. The molecule has 7 heteroatoms. The summed E-state index contributed by atoms with van der Waals surface area (Å²) in [6.45, 7) is 2.34. The fourth-order valence-corrected chi connectivity index (χ4v) is 2.62. The van der Waals surface area contributed by atoms with Crippen molar-refractivity contribution in [2.75, 3.05) is 17.7 Å². The monoisotopic (exact) mass is 382 g/mol. The zero-order valence-corrected chi connectivity index (χ0v) is 15.7. The van der Waals surface area contributed by atoms with Crippen LogP contribution in [0.5, 0.6) is 5.75 Å². The van der Waals surface area contributed by atoms with Gasteiger partial charge in [0, 0.05) is 12.2 Å². The number of hydrogen-bond acceptors (Lipinski definition) is 5. The van der Waals surface area contributed by atoms with Crippen LogP contribution in [0.2, 0.25) is 5.02 Å². The third kappa shape index (κ3) is 4.95. The van der Waals surface area contributed by atoms with Crippen LogP contribution in [0, 0.1) is 6.92 Å². The molecular formula is C20H19ClN4O2.